The highest BCUT2D eigenvalue weighted by Crippen LogP contribution is 2.36. The van der Waals surface area contributed by atoms with Crippen LogP contribution in [0.15, 0.2) is 53.4 Å². The lowest BCUT2D eigenvalue weighted by Gasteiger charge is -2.14. The molecule has 1 heterocycles. The number of nitrogens with zero attached hydrogens (tertiary/aromatic N) is 2. The number of carbonyl (C=O) groups is 1. The van der Waals surface area contributed by atoms with Crippen molar-refractivity contribution < 1.29 is 22.0 Å². The number of nitriles is 1. The Balaban J connectivity index is 1.50. The van der Waals surface area contributed by atoms with E-state index in [0.717, 1.165) is 41.8 Å². The van der Waals surface area contributed by atoms with E-state index >= 15 is 0 Å². The van der Waals surface area contributed by atoms with Crippen LogP contribution in [0.4, 0.5) is 14.5 Å². The molecule has 0 spiro atoms. The van der Waals surface area contributed by atoms with Crippen LogP contribution in [-0.2, 0) is 27.7 Å². The van der Waals surface area contributed by atoms with Gasteiger partial charge in [-0.1, -0.05) is 18.2 Å². The van der Waals surface area contributed by atoms with Crippen LogP contribution in [0, 0.1) is 28.9 Å². The summed E-state index contributed by atoms with van der Waals surface area (Å²) in [5.74, 6) is -2.16. The first kappa shape index (κ1) is 22.9. The Morgan fingerprint density at radius 1 is 1.09 bits per heavy atom. The first-order chi connectivity index (χ1) is 16.7. The third kappa shape index (κ3) is 4.57. The Bertz CT molecular complexity index is 1550. The van der Waals surface area contributed by atoms with Gasteiger partial charge in [-0.15, -0.1) is 0 Å². The zero-order valence-corrected chi connectivity index (χ0v) is 19.2. The number of rotatable bonds is 7. The van der Waals surface area contributed by atoms with Crippen LogP contribution in [0.2, 0.25) is 0 Å². The number of hydrogen-bond donors (Lipinski definition) is 1. The maximum atomic E-state index is 13.5. The molecule has 0 bridgehead atoms. The molecular formula is C26H19F2N3O3S. The van der Waals surface area contributed by atoms with E-state index in [1.54, 1.807) is 6.07 Å². The van der Waals surface area contributed by atoms with Crippen molar-refractivity contribution in [2.75, 3.05) is 4.72 Å². The van der Waals surface area contributed by atoms with Crippen molar-refractivity contribution in [1.82, 2.24) is 4.98 Å². The molecule has 0 unspecified atom stereocenters. The topological polar surface area (TPSA) is 99.9 Å². The Labute approximate surface area is 201 Å². The number of hydrogen-bond acceptors (Lipinski definition) is 5. The van der Waals surface area contributed by atoms with Gasteiger partial charge in [-0.2, -0.15) is 5.26 Å². The van der Waals surface area contributed by atoms with Gasteiger partial charge < -0.3 is 0 Å². The summed E-state index contributed by atoms with van der Waals surface area (Å²) >= 11 is 0. The average Bonchev–Trinajstić information content (AvgIpc) is 3.58. The minimum absolute atomic E-state index is 0.0976. The van der Waals surface area contributed by atoms with Crippen molar-refractivity contribution in [1.29, 1.82) is 5.26 Å². The van der Waals surface area contributed by atoms with Crippen molar-refractivity contribution in [2.24, 2.45) is 5.92 Å². The lowest BCUT2D eigenvalue weighted by molar-refractivity contribution is -0.119. The van der Waals surface area contributed by atoms with Gasteiger partial charge in [0.15, 0.2) is 11.6 Å². The number of allylic oxidation sites excluding steroid dienone is 1. The van der Waals surface area contributed by atoms with Crippen molar-refractivity contribution in [2.45, 2.75) is 30.6 Å². The SMILES string of the molecule is N#Cc1cc(NS(=O)(=O)c2ccc(F)c(F)c2)ccc1-c1cc(CC(=O)C2CC2)nc2c1C=CC2. The van der Waals surface area contributed by atoms with Gasteiger partial charge in [0.2, 0.25) is 0 Å². The second-order valence-corrected chi connectivity index (χ2v) is 10.3. The van der Waals surface area contributed by atoms with Crippen LogP contribution < -0.4 is 4.72 Å². The first-order valence-corrected chi connectivity index (χ1v) is 12.5. The number of benzene rings is 2. The lowest BCUT2D eigenvalue weighted by atomic mass is 9.94. The Morgan fingerprint density at radius 2 is 1.89 bits per heavy atom. The summed E-state index contributed by atoms with van der Waals surface area (Å²) in [7, 11) is -4.21. The number of ketones is 1. The van der Waals surface area contributed by atoms with E-state index in [0.29, 0.717) is 23.7 Å². The predicted molar refractivity (Wildman–Crippen MR) is 126 cm³/mol. The van der Waals surface area contributed by atoms with Gasteiger partial charge in [-0.25, -0.2) is 17.2 Å². The number of sulfonamides is 1. The maximum absolute atomic E-state index is 13.5. The molecule has 1 fully saturated rings. The summed E-state index contributed by atoms with van der Waals surface area (Å²) in [4.78, 5) is 16.6. The summed E-state index contributed by atoms with van der Waals surface area (Å²) in [6, 6.07) is 10.7. The van der Waals surface area contributed by atoms with Gasteiger partial charge in [-0.3, -0.25) is 14.5 Å². The molecule has 176 valence electrons. The third-order valence-corrected chi connectivity index (χ3v) is 7.44. The Morgan fingerprint density at radius 3 is 2.60 bits per heavy atom. The van der Waals surface area contributed by atoms with Crippen molar-refractivity contribution in [3.8, 4) is 17.2 Å². The summed E-state index contributed by atoms with van der Waals surface area (Å²) in [6.45, 7) is 0. The van der Waals surface area contributed by atoms with Gasteiger partial charge >= 0.3 is 0 Å². The van der Waals surface area contributed by atoms with E-state index in [4.69, 9.17) is 0 Å². The van der Waals surface area contributed by atoms with Crippen molar-refractivity contribution in [3.05, 3.63) is 82.7 Å². The molecule has 3 aromatic rings. The summed E-state index contributed by atoms with van der Waals surface area (Å²) in [5.41, 5.74) is 3.96. The minimum Gasteiger partial charge on any atom is -0.299 e. The maximum Gasteiger partial charge on any atom is 0.261 e. The molecule has 2 aromatic carbocycles. The van der Waals surface area contributed by atoms with Gasteiger partial charge in [0.05, 0.1) is 27.9 Å². The molecule has 6 nitrogen and oxygen atoms in total. The van der Waals surface area contributed by atoms with Crippen LogP contribution in [0.1, 0.15) is 35.4 Å². The second-order valence-electron chi connectivity index (χ2n) is 8.60. The third-order valence-electron chi connectivity index (χ3n) is 6.06. The average molecular weight is 492 g/mol. The highest BCUT2D eigenvalue weighted by Gasteiger charge is 2.30. The fourth-order valence-electron chi connectivity index (χ4n) is 4.13. The molecular weight excluding hydrogens is 472 g/mol. The van der Waals surface area contributed by atoms with Crippen LogP contribution in [0.25, 0.3) is 17.2 Å². The predicted octanol–water partition coefficient (Wildman–Crippen LogP) is 4.79. The summed E-state index contributed by atoms with van der Waals surface area (Å²) in [6.07, 6.45) is 6.58. The highest BCUT2D eigenvalue weighted by atomic mass is 32.2. The Hall–Kier alpha value is -3.90. The van der Waals surface area contributed by atoms with Crippen LogP contribution in [0.5, 0.6) is 0 Å². The zero-order valence-electron chi connectivity index (χ0n) is 18.4. The number of carbonyl (C=O) groups excluding carboxylic acids is 1. The van der Waals surface area contributed by atoms with E-state index in [1.165, 1.54) is 12.1 Å². The molecule has 2 aliphatic carbocycles. The monoisotopic (exact) mass is 491 g/mol. The zero-order chi connectivity index (χ0) is 24.7. The number of fused-ring (bicyclic) bond motifs is 1. The largest absolute Gasteiger partial charge is 0.299 e. The summed E-state index contributed by atoms with van der Waals surface area (Å²) < 4.78 is 54.3. The van der Waals surface area contributed by atoms with E-state index in [2.05, 4.69) is 15.8 Å². The molecule has 1 saturated carbocycles. The second kappa shape index (κ2) is 8.71. The van der Waals surface area contributed by atoms with Gasteiger partial charge in [0.1, 0.15) is 5.78 Å². The van der Waals surface area contributed by atoms with Crippen molar-refractivity contribution >= 4 is 27.6 Å². The lowest BCUT2D eigenvalue weighted by Crippen LogP contribution is -2.13. The molecule has 2 aliphatic rings. The first-order valence-electron chi connectivity index (χ1n) is 11.0. The molecule has 0 amide bonds. The fraction of sp³-hybridized carbons (Fsp3) is 0.192. The number of Topliss-reactive ketones (excluding diaryl/α,β-unsaturated/α-hetero) is 1. The molecule has 0 aliphatic heterocycles. The fourth-order valence-corrected chi connectivity index (χ4v) is 5.19. The van der Waals surface area contributed by atoms with Gasteiger partial charge in [0, 0.05) is 35.6 Å². The van der Waals surface area contributed by atoms with Gasteiger partial charge in [0.25, 0.3) is 10.0 Å². The highest BCUT2D eigenvalue weighted by molar-refractivity contribution is 7.92. The van der Waals surface area contributed by atoms with Crippen molar-refractivity contribution in [3.63, 3.8) is 0 Å². The molecule has 0 radical (unpaired) electrons. The number of aromatic nitrogens is 1. The number of anilines is 1. The smallest absolute Gasteiger partial charge is 0.261 e. The minimum atomic E-state index is -4.21. The number of nitrogens with one attached hydrogen (secondary N) is 1. The molecule has 1 N–H and O–H groups in total. The standard InChI is InChI=1S/C26H19F2N3O3S/c27-23-9-7-19(13-24(23)28)35(33,34)31-17-6-8-20(16(10-17)14-29)22-11-18(12-26(32)15-4-5-15)30-25-3-1-2-21(22)25/h1-2,6-11,13,15,31H,3-5,12H2. The molecule has 5 rings (SSSR count). The van der Waals surface area contributed by atoms with Gasteiger partial charge in [-0.05, 0) is 54.8 Å². The van der Waals surface area contributed by atoms with Crippen LogP contribution in [-0.4, -0.2) is 19.2 Å². The van der Waals surface area contributed by atoms with Crippen LogP contribution >= 0.6 is 0 Å². The van der Waals surface area contributed by atoms with E-state index in [1.807, 2.05) is 18.2 Å². The number of halogens is 2. The Kier molecular flexibility index (Phi) is 5.69. The molecule has 1 aromatic heterocycles. The van der Waals surface area contributed by atoms with E-state index in [-0.39, 0.29) is 29.4 Å². The summed E-state index contributed by atoms with van der Waals surface area (Å²) in [5, 5.41) is 9.82. The normalized spacial score (nSPS) is 14.4. The molecule has 0 saturated heterocycles. The van der Waals surface area contributed by atoms with Crippen LogP contribution in [0.3, 0.4) is 0 Å². The van der Waals surface area contributed by atoms with E-state index < -0.39 is 26.6 Å². The molecule has 35 heavy (non-hydrogen) atoms. The molecule has 9 heteroatoms. The van der Waals surface area contributed by atoms with E-state index in [9.17, 15) is 27.3 Å². The number of pyridine rings is 1. The molecule has 0 atom stereocenters. The quantitative estimate of drug-likeness (QED) is 0.512.